The van der Waals surface area contributed by atoms with Gasteiger partial charge in [-0.2, -0.15) is 5.26 Å². The fourth-order valence-electron chi connectivity index (χ4n) is 3.32. The van der Waals surface area contributed by atoms with E-state index in [1.807, 2.05) is 26.1 Å². The van der Waals surface area contributed by atoms with Crippen LogP contribution in [-0.4, -0.2) is 28.1 Å². The van der Waals surface area contributed by atoms with Gasteiger partial charge < -0.3 is 9.47 Å². The average Bonchev–Trinajstić information content (AvgIpc) is 2.94. The molecule has 0 aromatic carbocycles. The number of fused-ring (bicyclic) bond motifs is 1. The Labute approximate surface area is 131 Å². The maximum atomic E-state index is 9.42. The Kier molecular flexibility index (Phi) is 3.84. The van der Waals surface area contributed by atoms with Crippen molar-refractivity contribution in [1.82, 2.24) is 14.5 Å². The second-order valence-corrected chi connectivity index (χ2v) is 6.14. The van der Waals surface area contributed by atoms with Crippen molar-refractivity contribution in [3.8, 4) is 6.07 Å². The number of rotatable bonds is 3. The lowest BCUT2D eigenvalue weighted by Gasteiger charge is -2.30. The van der Waals surface area contributed by atoms with Crippen LogP contribution in [0.4, 0.5) is 5.69 Å². The Morgan fingerprint density at radius 2 is 2.27 bits per heavy atom. The van der Waals surface area contributed by atoms with Crippen LogP contribution < -0.4 is 4.90 Å². The largest absolute Gasteiger partial charge is 0.373 e. The molecule has 1 atom stereocenters. The molecule has 0 amide bonds. The van der Waals surface area contributed by atoms with Gasteiger partial charge in [0.25, 0.3) is 0 Å². The molecule has 2 aromatic rings. The number of aromatic nitrogens is 3. The summed E-state index contributed by atoms with van der Waals surface area (Å²) in [5, 5.41) is 9.42. The van der Waals surface area contributed by atoms with Crippen molar-refractivity contribution in [3.05, 3.63) is 41.2 Å². The van der Waals surface area contributed by atoms with Crippen LogP contribution in [0.25, 0.3) is 0 Å². The lowest BCUT2D eigenvalue weighted by atomic mass is 9.98. The third-order valence-corrected chi connectivity index (χ3v) is 4.40. The number of hydrogen-bond donors (Lipinski definition) is 0. The summed E-state index contributed by atoms with van der Waals surface area (Å²) in [6.07, 6.45) is 6.12. The molecule has 0 unspecified atom stereocenters. The van der Waals surface area contributed by atoms with Gasteiger partial charge >= 0.3 is 0 Å². The topological polar surface area (TPSA) is 57.7 Å². The van der Waals surface area contributed by atoms with E-state index in [0.29, 0.717) is 11.5 Å². The molecule has 5 heteroatoms. The summed E-state index contributed by atoms with van der Waals surface area (Å²) >= 11 is 0. The van der Waals surface area contributed by atoms with E-state index >= 15 is 0 Å². The first kappa shape index (κ1) is 14.6. The average molecular weight is 295 g/mol. The molecule has 0 saturated carbocycles. The summed E-state index contributed by atoms with van der Waals surface area (Å²) in [6, 6.07) is 4.31. The molecular formula is C17H21N5. The highest BCUT2D eigenvalue weighted by molar-refractivity contribution is 5.61. The summed E-state index contributed by atoms with van der Waals surface area (Å²) < 4.78 is 2.25. The van der Waals surface area contributed by atoms with E-state index in [-0.39, 0.29) is 0 Å². The van der Waals surface area contributed by atoms with E-state index in [9.17, 15) is 5.26 Å². The van der Waals surface area contributed by atoms with E-state index in [1.54, 1.807) is 0 Å². The van der Waals surface area contributed by atoms with Gasteiger partial charge in [0.2, 0.25) is 0 Å². The molecule has 0 aliphatic carbocycles. The first-order valence-corrected chi connectivity index (χ1v) is 7.68. The number of nitriles is 1. The highest BCUT2D eigenvalue weighted by Gasteiger charge is 2.21. The van der Waals surface area contributed by atoms with Crippen LogP contribution in [0.3, 0.4) is 0 Å². The van der Waals surface area contributed by atoms with Gasteiger partial charge in [0.1, 0.15) is 11.9 Å². The molecule has 0 fully saturated rings. The number of aryl methyl sites for hydroxylation is 3. The van der Waals surface area contributed by atoms with Gasteiger partial charge in [-0.05, 0) is 32.3 Å². The molecule has 3 heterocycles. The van der Waals surface area contributed by atoms with Crippen molar-refractivity contribution in [1.29, 1.82) is 5.26 Å². The van der Waals surface area contributed by atoms with E-state index < -0.39 is 0 Å². The summed E-state index contributed by atoms with van der Waals surface area (Å²) in [5.74, 6) is 1.76. The molecule has 5 nitrogen and oxygen atoms in total. The van der Waals surface area contributed by atoms with Crippen LogP contribution >= 0.6 is 0 Å². The Morgan fingerprint density at radius 1 is 1.45 bits per heavy atom. The van der Waals surface area contributed by atoms with Gasteiger partial charge in [-0.3, -0.25) is 4.98 Å². The predicted molar refractivity (Wildman–Crippen MR) is 85.7 cm³/mol. The minimum Gasteiger partial charge on any atom is -0.373 e. The van der Waals surface area contributed by atoms with Crippen molar-refractivity contribution in [3.63, 3.8) is 0 Å². The van der Waals surface area contributed by atoms with Gasteiger partial charge in [0.05, 0.1) is 16.9 Å². The van der Waals surface area contributed by atoms with Crippen molar-refractivity contribution in [2.45, 2.75) is 33.2 Å². The molecule has 3 rings (SSSR count). The van der Waals surface area contributed by atoms with Gasteiger partial charge in [0.15, 0.2) is 0 Å². The number of imidazole rings is 1. The van der Waals surface area contributed by atoms with Crippen molar-refractivity contribution >= 4 is 5.69 Å². The third-order valence-electron chi connectivity index (χ3n) is 4.40. The van der Waals surface area contributed by atoms with Crippen molar-refractivity contribution in [2.24, 2.45) is 5.92 Å². The molecule has 1 aliphatic heterocycles. The molecule has 0 saturated heterocycles. The Bertz CT molecular complexity index is 725. The number of nitrogens with zero attached hydrogens (tertiary/aromatic N) is 5. The van der Waals surface area contributed by atoms with Crippen LogP contribution in [0.2, 0.25) is 0 Å². The van der Waals surface area contributed by atoms with Gasteiger partial charge in [-0.15, -0.1) is 0 Å². The monoisotopic (exact) mass is 295 g/mol. The molecule has 1 aliphatic rings. The maximum absolute atomic E-state index is 9.42. The summed E-state index contributed by atoms with van der Waals surface area (Å²) in [6.45, 7) is 5.82. The van der Waals surface area contributed by atoms with Crippen LogP contribution in [0.5, 0.6) is 0 Å². The summed E-state index contributed by atoms with van der Waals surface area (Å²) in [7, 11) is 2.07. The van der Waals surface area contributed by atoms with Crippen LogP contribution in [0.15, 0.2) is 18.5 Å². The third kappa shape index (κ3) is 2.69. The minimum atomic E-state index is 0.576. The molecule has 0 radical (unpaired) electrons. The first-order valence-electron chi connectivity index (χ1n) is 7.68. The standard InChI is InChI=1S/C17H21N5/c1-12-8-16(15(9-18)13(2)20-12)21(3)10-14-4-5-17-19-6-7-22(17)11-14/h6-8,14H,4-5,10-11H2,1-3H3/t14-/m0/s1. The second-order valence-electron chi connectivity index (χ2n) is 6.14. The van der Waals surface area contributed by atoms with E-state index in [4.69, 9.17) is 0 Å². The lowest BCUT2D eigenvalue weighted by Crippen LogP contribution is -2.32. The molecular weight excluding hydrogens is 274 g/mol. The highest BCUT2D eigenvalue weighted by atomic mass is 15.1. The zero-order chi connectivity index (χ0) is 15.7. The Hall–Kier alpha value is -2.35. The molecule has 0 spiro atoms. The van der Waals surface area contributed by atoms with Crippen LogP contribution in [0.1, 0.15) is 29.2 Å². The van der Waals surface area contributed by atoms with E-state index in [2.05, 4.69) is 38.7 Å². The fraction of sp³-hybridized carbons (Fsp3) is 0.471. The van der Waals surface area contributed by atoms with E-state index in [0.717, 1.165) is 43.0 Å². The molecule has 0 bridgehead atoms. The lowest BCUT2D eigenvalue weighted by molar-refractivity contribution is 0.369. The normalized spacial score (nSPS) is 16.9. The smallest absolute Gasteiger partial charge is 0.108 e. The number of anilines is 1. The zero-order valence-electron chi connectivity index (χ0n) is 13.4. The molecule has 114 valence electrons. The Morgan fingerprint density at radius 3 is 3.05 bits per heavy atom. The highest BCUT2D eigenvalue weighted by Crippen LogP contribution is 2.26. The first-order chi connectivity index (χ1) is 10.6. The maximum Gasteiger partial charge on any atom is 0.108 e. The van der Waals surface area contributed by atoms with Gasteiger partial charge in [0, 0.05) is 44.6 Å². The van der Waals surface area contributed by atoms with E-state index in [1.165, 1.54) is 5.82 Å². The van der Waals surface area contributed by atoms with Crippen molar-refractivity contribution < 1.29 is 0 Å². The quantitative estimate of drug-likeness (QED) is 0.873. The number of pyridine rings is 1. The van der Waals surface area contributed by atoms with Crippen LogP contribution in [-0.2, 0) is 13.0 Å². The number of hydrogen-bond acceptors (Lipinski definition) is 4. The molecule has 2 aromatic heterocycles. The van der Waals surface area contributed by atoms with Crippen LogP contribution in [0, 0.1) is 31.1 Å². The SMILES string of the molecule is Cc1cc(N(C)C[C@@H]2CCc3nccn3C2)c(C#N)c(C)n1. The summed E-state index contributed by atoms with van der Waals surface area (Å²) in [4.78, 5) is 11.0. The fourth-order valence-corrected chi connectivity index (χ4v) is 3.32. The zero-order valence-corrected chi connectivity index (χ0v) is 13.4. The van der Waals surface area contributed by atoms with Crippen molar-refractivity contribution in [2.75, 3.05) is 18.5 Å². The predicted octanol–water partition coefficient (Wildman–Crippen LogP) is 2.47. The molecule has 0 N–H and O–H groups in total. The Balaban J connectivity index is 1.78. The molecule has 22 heavy (non-hydrogen) atoms. The minimum absolute atomic E-state index is 0.576. The summed E-state index contributed by atoms with van der Waals surface area (Å²) in [5.41, 5.74) is 3.44. The van der Waals surface area contributed by atoms with Gasteiger partial charge in [-0.1, -0.05) is 0 Å². The second kappa shape index (κ2) is 5.80. The van der Waals surface area contributed by atoms with Gasteiger partial charge in [-0.25, -0.2) is 4.98 Å².